The number of allylic oxidation sites excluding steroid dienone is 4. The van der Waals surface area contributed by atoms with E-state index in [9.17, 15) is 14.4 Å². The molecule has 2 bridgehead atoms. The van der Waals surface area contributed by atoms with Crippen LogP contribution in [0.2, 0.25) is 0 Å². The lowest BCUT2D eigenvalue weighted by Crippen LogP contribution is -2.50. The third-order valence-electron chi connectivity index (χ3n) is 5.77. The van der Waals surface area contributed by atoms with Gasteiger partial charge in [0.05, 0.1) is 11.8 Å². The molecule has 3 amide bonds. The number of alkyl carbamates (subject to hydrolysis) is 1. The van der Waals surface area contributed by atoms with Crippen LogP contribution in [0.15, 0.2) is 24.3 Å². The highest BCUT2D eigenvalue weighted by Crippen LogP contribution is 2.58. The molecule has 25 heavy (non-hydrogen) atoms. The monoisotopic (exact) mass is 344 g/mol. The van der Waals surface area contributed by atoms with E-state index < -0.39 is 11.7 Å². The molecular weight excluding hydrogens is 320 g/mol. The van der Waals surface area contributed by atoms with E-state index in [-0.39, 0.29) is 48.6 Å². The summed E-state index contributed by atoms with van der Waals surface area (Å²) in [4.78, 5) is 38.7. The number of carbonyl (C=O) groups is 3. The number of rotatable bonds is 3. The van der Waals surface area contributed by atoms with Crippen LogP contribution in [0.25, 0.3) is 0 Å². The molecule has 0 aromatic rings. The maximum Gasteiger partial charge on any atom is 0.407 e. The predicted molar refractivity (Wildman–Crippen MR) is 90.2 cm³/mol. The summed E-state index contributed by atoms with van der Waals surface area (Å²) in [6.07, 6.45) is 8.07. The Morgan fingerprint density at radius 2 is 1.48 bits per heavy atom. The van der Waals surface area contributed by atoms with Crippen molar-refractivity contribution in [2.75, 3.05) is 13.1 Å². The van der Waals surface area contributed by atoms with Crippen LogP contribution in [-0.4, -0.2) is 41.5 Å². The molecule has 6 atom stereocenters. The molecule has 0 spiro atoms. The van der Waals surface area contributed by atoms with Gasteiger partial charge in [-0.2, -0.15) is 0 Å². The summed E-state index contributed by atoms with van der Waals surface area (Å²) in [5.74, 6) is 0.486. The van der Waals surface area contributed by atoms with Gasteiger partial charge in [0.1, 0.15) is 5.60 Å². The topological polar surface area (TPSA) is 75.7 Å². The number of likely N-dealkylation sites (tertiary alicyclic amines) is 1. The quantitative estimate of drug-likeness (QED) is 0.625. The van der Waals surface area contributed by atoms with Gasteiger partial charge in [0.15, 0.2) is 0 Å². The normalized spacial score (nSPS) is 37.6. The SMILES string of the molecule is CC(C)(C)OC(=O)NCCN1C(=O)C2C3C=CC(C4C=CC43)C2C1=O. The van der Waals surface area contributed by atoms with Gasteiger partial charge in [-0.05, 0) is 44.4 Å². The highest BCUT2D eigenvalue weighted by atomic mass is 16.6. The fraction of sp³-hybridized carbons (Fsp3) is 0.632. The first-order valence-electron chi connectivity index (χ1n) is 8.96. The molecule has 1 saturated heterocycles. The molecule has 134 valence electrons. The Bertz CT molecular complexity index is 650. The van der Waals surface area contributed by atoms with E-state index in [4.69, 9.17) is 4.74 Å². The molecule has 1 N–H and O–H groups in total. The first-order chi connectivity index (χ1) is 11.8. The lowest BCUT2D eigenvalue weighted by atomic mass is 9.50. The summed E-state index contributed by atoms with van der Waals surface area (Å²) in [7, 11) is 0. The molecule has 0 radical (unpaired) electrons. The van der Waals surface area contributed by atoms with Gasteiger partial charge in [-0.15, -0.1) is 0 Å². The van der Waals surface area contributed by atoms with Crippen LogP contribution >= 0.6 is 0 Å². The van der Waals surface area contributed by atoms with Crippen molar-refractivity contribution >= 4 is 17.9 Å². The average Bonchev–Trinajstić information content (AvgIpc) is 2.71. The van der Waals surface area contributed by atoms with Crippen LogP contribution in [0, 0.1) is 35.5 Å². The second-order valence-corrected chi connectivity index (χ2v) is 8.39. The van der Waals surface area contributed by atoms with Gasteiger partial charge >= 0.3 is 6.09 Å². The number of carbonyl (C=O) groups excluding carboxylic acids is 3. The van der Waals surface area contributed by atoms with Gasteiger partial charge < -0.3 is 10.1 Å². The number of ether oxygens (including phenoxy) is 1. The zero-order valence-corrected chi connectivity index (χ0v) is 14.8. The molecule has 6 nitrogen and oxygen atoms in total. The van der Waals surface area contributed by atoms with Crippen molar-refractivity contribution in [2.24, 2.45) is 35.5 Å². The molecule has 5 aliphatic rings. The van der Waals surface area contributed by atoms with Gasteiger partial charge in [0, 0.05) is 13.1 Å². The zero-order valence-electron chi connectivity index (χ0n) is 14.8. The highest BCUT2D eigenvalue weighted by Gasteiger charge is 2.62. The van der Waals surface area contributed by atoms with Crippen LogP contribution in [0.4, 0.5) is 4.79 Å². The van der Waals surface area contributed by atoms with Crippen LogP contribution in [-0.2, 0) is 14.3 Å². The van der Waals surface area contributed by atoms with Gasteiger partial charge in [-0.25, -0.2) is 4.79 Å². The smallest absolute Gasteiger partial charge is 0.407 e. The third kappa shape index (κ3) is 2.50. The average molecular weight is 344 g/mol. The van der Waals surface area contributed by atoms with Crippen LogP contribution < -0.4 is 5.32 Å². The molecule has 1 saturated carbocycles. The van der Waals surface area contributed by atoms with Gasteiger partial charge in [-0.3, -0.25) is 14.5 Å². The Kier molecular flexibility index (Phi) is 3.56. The summed E-state index contributed by atoms with van der Waals surface area (Å²) < 4.78 is 5.17. The maximum absolute atomic E-state index is 12.8. The zero-order chi connectivity index (χ0) is 17.9. The molecule has 0 aromatic carbocycles. The largest absolute Gasteiger partial charge is 0.444 e. The van der Waals surface area contributed by atoms with Crippen LogP contribution in [0.1, 0.15) is 20.8 Å². The number of imide groups is 1. The number of nitrogens with zero attached hydrogens (tertiary/aromatic N) is 1. The second-order valence-electron chi connectivity index (χ2n) is 8.39. The van der Waals surface area contributed by atoms with Crippen molar-refractivity contribution in [3.63, 3.8) is 0 Å². The molecular formula is C19H24N2O4. The van der Waals surface area contributed by atoms with E-state index in [1.54, 1.807) is 20.8 Å². The third-order valence-corrected chi connectivity index (χ3v) is 5.77. The minimum absolute atomic E-state index is 0.0842. The number of hydrogen-bond donors (Lipinski definition) is 1. The maximum atomic E-state index is 12.8. The predicted octanol–water partition coefficient (Wildman–Crippen LogP) is 1.73. The second kappa shape index (κ2) is 5.44. The minimum atomic E-state index is -0.574. The number of nitrogens with one attached hydrogen (secondary N) is 1. The Hall–Kier alpha value is -2.11. The number of hydrogen-bond acceptors (Lipinski definition) is 4. The van der Waals surface area contributed by atoms with Crippen molar-refractivity contribution in [1.29, 1.82) is 0 Å². The summed E-state index contributed by atoms with van der Waals surface area (Å²) in [5.41, 5.74) is -0.574. The van der Waals surface area contributed by atoms with Crippen LogP contribution in [0.3, 0.4) is 0 Å². The van der Waals surface area contributed by atoms with Crippen LogP contribution in [0.5, 0.6) is 0 Å². The Labute approximate surface area is 147 Å². The van der Waals surface area contributed by atoms with Crippen molar-refractivity contribution in [2.45, 2.75) is 26.4 Å². The Balaban J connectivity index is 1.40. The molecule has 6 heteroatoms. The fourth-order valence-corrected chi connectivity index (χ4v) is 4.76. The summed E-state index contributed by atoms with van der Waals surface area (Å²) >= 11 is 0. The van der Waals surface area contributed by atoms with Crippen molar-refractivity contribution in [3.05, 3.63) is 24.3 Å². The summed E-state index contributed by atoms with van der Waals surface area (Å²) in [6, 6.07) is 0. The van der Waals surface area contributed by atoms with Crippen molar-refractivity contribution in [1.82, 2.24) is 10.2 Å². The summed E-state index contributed by atoms with van der Waals surface area (Å²) in [6.45, 7) is 5.77. The highest BCUT2D eigenvalue weighted by molar-refractivity contribution is 6.06. The van der Waals surface area contributed by atoms with Gasteiger partial charge in [0.2, 0.25) is 11.8 Å². The van der Waals surface area contributed by atoms with E-state index in [0.717, 1.165) is 0 Å². The lowest BCUT2D eigenvalue weighted by molar-refractivity contribution is -0.140. The van der Waals surface area contributed by atoms with E-state index in [1.165, 1.54) is 4.90 Å². The lowest BCUT2D eigenvalue weighted by Gasteiger charge is -2.51. The first-order valence-corrected chi connectivity index (χ1v) is 8.96. The van der Waals surface area contributed by atoms with Crippen molar-refractivity contribution in [3.8, 4) is 0 Å². The van der Waals surface area contributed by atoms with Crippen molar-refractivity contribution < 1.29 is 19.1 Å². The Morgan fingerprint density at radius 3 is 1.92 bits per heavy atom. The Morgan fingerprint density at radius 1 is 1.00 bits per heavy atom. The molecule has 4 aliphatic carbocycles. The first kappa shape index (κ1) is 16.4. The molecule has 2 fully saturated rings. The fourth-order valence-electron chi connectivity index (χ4n) is 4.76. The van der Waals surface area contributed by atoms with Gasteiger partial charge in [-0.1, -0.05) is 24.3 Å². The summed E-state index contributed by atoms with van der Waals surface area (Å²) in [5, 5.41) is 2.62. The molecule has 1 heterocycles. The van der Waals surface area contributed by atoms with Gasteiger partial charge in [0.25, 0.3) is 0 Å². The molecule has 6 unspecified atom stereocenters. The molecule has 0 aromatic heterocycles. The van der Waals surface area contributed by atoms with E-state index in [0.29, 0.717) is 11.8 Å². The molecule has 1 aliphatic heterocycles. The van der Waals surface area contributed by atoms with E-state index >= 15 is 0 Å². The molecule has 5 rings (SSSR count). The van der Waals surface area contributed by atoms with E-state index in [1.807, 2.05) is 0 Å². The number of amides is 3. The van der Waals surface area contributed by atoms with E-state index in [2.05, 4.69) is 29.6 Å². The standard InChI is InChI=1S/C19H24N2O4/c1-19(2,3)25-18(24)20-8-9-21-16(22)14-12-6-7-13(15(14)17(21)23)11-5-4-10(11)12/h4-7,10-15H,8-9H2,1-3H3,(H,20,24). The minimum Gasteiger partial charge on any atom is -0.444 e.